The Morgan fingerprint density at radius 1 is 1.09 bits per heavy atom. The highest BCUT2D eigenvalue weighted by Gasteiger charge is 2.21. The first-order chi connectivity index (χ1) is 10.7. The standard InChI is InChI=1S/C18H29NO3/c1-14-6-5-7-15(2)18(14)22-13-12-21-11-10-19-16-8-3-4-9-17(16)20/h5-7,16-17,19-20H,3-4,8-13H2,1-2H3. The van der Waals surface area contributed by atoms with E-state index in [1.165, 1.54) is 6.42 Å². The van der Waals surface area contributed by atoms with Gasteiger partial charge in [0.05, 0.1) is 19.3 Å². The molecule has 4 nitrogen and oxygen atoms in total. The highest BCUT2D eigenvalue weighted by Crippen LogP contribution is 2.22. The molecule has 1 aromatic carbocycles. The van der Waals surface area contributed by atoms with E-state index in [2.05, 4.69) is 31.3 Å². The second kappa shape index (κ2) is 9.13. The quantitative estimate of drug-likeness (QED) is 0.725. The summed E-state index contributed by atoms with van der Waals surface area (Å²) in [5.41, 5.74) is 2.32. The molecule has 1 fully saturated rings. The third-order valence-electron chi connectivity index (χ3n) is 4.27. The molecule has 2 rings (SSSR count). The fraction of sp³-hybridized carbons (Fsp3) is 0.667. The van der Waals surface area contributed by atoms with Crippen LogP contribution < -0.4 is 10.1 Å². The summed E-state index contributed by atoms with van der Waals surface area (Å²) in [5, 5.41) is 13.2. The first kappa shape index (κ1) is 17.3. The van der Waals surface area contributed by atoms with Crippen molar-refractivity contribution < 1.29 is 14.6 Å². The summed E-state index contributed by atoms with van der Waals surface area (Å²) in [4.78, 5) is 0. The fourth-order valence-electron chi connectivity index (χ4n) is 3.00. The van der Waals surface area contributed by atoms with Crippen molar-refractivity contribution in [2.45, 2.75) is 51.7 Å². The number of aliphatic hydroxyl groups excluding tert-OH is 1. The molecule has 1 aliphatic rings. The summed E-state index contributed by atoms with van der Waals surface area (Å²) in [6.45, 7) is 6.70. The van der Waals surface area contributed by atoms with Crippen LogP contribution in [0.3, 0.4) is 0 Å². The molecule has 0 heterocycles. The maximum absolute atomic E-state index is 9.86. The molecule has 2 N–H and O–H groups in total. The van der Waals surface area contributed by atoms with Crippen LogP contribution >= 0.6 is 0 Å². The Hall–Kier alpha value is -1.10. The van der Waals surface area contributed by atoms with Crippen LogP contribution in [0.4, 0.5) is 0 Å². The van der Waals surface area contributed by atoms with Gasteiger partial charge in [0.1, 0.15) is 12.4 Å². The molecule has 0 bridgehead atoms. The Morgan fingerprint density at radius 2 is 1.82 bits per heavy atom. The molecular formula is C18H29NO3. The number of hydrogen-bond acceptors (Lipinski definition) is 4. The largest absolute Gasteiger partial charge is 0.491 e. The summed E-state index contributed by atoms with van der Waals surface area (Å²) in [5.74, 6) is 0.967. The lowest BCUT2D eigenvalue weighted by molar-refractivity contribution is 0.0732. The van der Waals surface area contributed by atoms with Crippen LogP contribution in [0.2, 0.25) is 0 Å². The monoisotopic (exact) mass is 307 g/mol. The van der Waals surface area contributed by atoms with Gasteiger partial charge in [-0.3, -0.25) is 0 Å². The summed E-state index contributed by atoms with van der Waals surface area (Å²) in [6, 6.07) is 6.40. The van der Waals surface area contributed by atoms with Gasteiger partial charge in [-0.05, 0) is 37.8 Å². The van der Waals surface area contributed by atoms with Gasteiger partial charge in [-0.2, -0.15) is 0 Å². The lowest BCUT2D eigenvalue weighted by Gasteiger charge is -2.28. The molecule has 0 spiro atoms. The number of para-hydroxylation sites is 1. The van der Waals surface area contributed by atoms with E-state index >= 15 is 0 Å². The highest BCUT2D eigenvalue weighted by atomic mass is 16.5. The van der Waals surface area contributed by atoms with Gasteiger partial charge < -0.3 is 19.9 Å². The maximum atomic E-state index is 9.86. The van der Waals surface area contributed by atoms with Crippen molar-refractivity contribution in [3.05, 3.63) is 29.3 Å². The third kappa shape index (κ3) is 5.27. The molecule has 4 heteroatoms. The zero-order chi connectivity index (χ0) is 15.8. The lowest BCUT2D eigenvalue weighted by Crippen LogP contribution is -2.43. The van der Waals surface area contributed by atoms with Crippen molar-refractivity contribution in [1.82, 2.24) is 5.32 Å². The second-order valence-electron chi connectivity index (χ2n) is 6.09. The van der Waals surface area contributed by atoms with E-state index < -0.39 is 0 Å². The first-order valence-corrected chi connectivity index (χ1v) is 8.36. The topological polar surface area (TPSA) is 50.7 Å². The van der Waals surface area contributed by atoms with Crippen molar-refractivity contribution in [3.63, 3.8) is 0 Å². The molecule has 0 amide bonds. The van der Waals surface area contributed by atoms with E-state index in [4.69, 9.17) is 9.47 Å². The normalized spacial score (nSPS) is 21.8. The van der Waals surface area contributed by atoms with Gasteiger partial charge in [0.25, 0.3) is 0 Å². The molecule has 2 atom stereocenters. The molecule has 0 radical (unpaired) electrons. The van der Waals surface area contributed by atoms with Crippen LogP contribution in [0, 0.1) is 13.8 Å². The van der Waals surface area contributed by atoms with Crippen LogP contribution in [0.1, 0.15) is 36.8 Å². The van der Waals surface area contributed by atoms with Crippen LogP contribution in [-0.4, -0.2) is 43.6 Å². The minimum Gasteiger partial charge on any atom is -0.491 e. The molecule has 1 aliphatic carbocycles. The van der Waals surface area contributed by atoms with Crippen LogP contribution in [0.25, 0.3) is 0 Å². The minimum atomic E-state index is -0.193. The molecule has 124 valence electrons. The predicted octanol–water partition coefficient (Wildman–Crippen LogP) is 2.59. The smallest absolute Gasteiger partial charge is 0.125 e. The van der Waals surface area contributed by atoms with E-state index in [1.807, 2.05) is 6.07 Å². The van der Waals surface area contributed by atoms with Crippen LogP contribution in [0.5, 0.6) is 5.75 Å². The number of hydrogen-bond donors (Lipinski definition) is 2. The number of nitrogens with one attached hydrogen (secondary N) is 1. The second-order valence-corrected chi connectivity index (χ2v) is 6.09. The molecule has 0 saturated heterocycles. The number of ether oxygens (including phenoxy) is 2. The first-order valence-electron chi connectivity index (χ1n) is 8.36. The average Bonchev–Trinajstić information content (AvgIpc) is 2.50. The molecular weight excluding hydrogens is 278 g/mol. The summed E-state index contributed by atoms with van der Waals surface area (Å²) >= 11 is 0. The lowest BCUT2D eigenvalue weighted by atomic mass is 9.93. The Bertz CT molecular complexity index is 430. The SMILES string of the molecule is Cc1cccc(C)c1OCCOCCNC1CCCCC1O. The predicted molar refractivity (Wildman–Crippen MR) is 88.5 cm³/mol. The number of benzene rings is 1. The van der Waals surface area contributed by atoms with Gasteiger partial charge in [-0.25, -0.2) is 0 Å². The number of aliphatic hydroxyl groups is 1. The van der Waals surface area contributed by atoms with E-state index in [1.54, 1.807) is 0 Å². The highest BCUT2D eigenvalue weighted by molar-refractivity contribution is 5.39. The molecule has 1 aromatic rings. The van der Waals surface area contributed by atoms with Crippen molar-refractivity contribution >= 4 is 0 Å². The Balaban J connectivity index is 1.54. The summed E-state index contributed by atoms with van der Waals surface area (Å²) in [7, 11) is 0. The van der Waals surface area contributed by atoms with Crippen molar-refractivity contribution in [1.29, 1.82) is 0 Å². The molecule has 0 aliphatic heterocycles. The van der Waals surface area contributed by atoms with Gasteiger partial charge in [-0.1, -0.05) is 31.0 Å². The Morgan fingerprint density at radius 3 is 2.55 bits per heavy atom. The Labute approximate surface area is 133 Å². The van der Waals surface area contributed by atoms with Gasteiger partial charge in [0, 0.05) is 12.6 Å². The third-order valence-corrected chi connectivity index (χ3v) is 4.27. The summed E-state index contributed by atoms with van der Waals surface area (Å²) in [6.07, 6.45) is 4.14. The van der Waals surface area contributed by atoms with E-state index in [9.17, 15) is 5.11 Å². The van der Waals surface area contributed by atoms with Crippen molar-refractivity contribution in [3.8, 4) is 5.75 Å². The van der Waals surface area contributed by atoms with Crippen molar-refractivity contribution in [2.75, 3.05) is 26.4 Å². The van der Waals surface area contributed by atoms with Gasteiger partial charge in [-0.15, -0.1) is 0 Å². The fourth-order valence-corrected chi connectivity index (χ4v) is 3.00. The Kier molecular flexibility index (Phi) is 7.16. The summed E-state index contributed by atoms with van der Waals surface area (Å²) < 4.78 is 11.4. The minimum absolute atomic E-state index is 0.193. The van der Waals surface area contributed by atoms with Gasteiger partial charge in [0.15, 0.2) is 0 Å². The van der Waals surface area contributed by atoms with Crippen LogP contribution in [-0.2, 0) is 4.74 Å². The van der Waals surface area contributed by atoms with Crippen LogP contribution in [0.15, 0.2) is 18.2 Å². The zero-order valence-corrected chi connectivity index (χ0v) is 13.8. The molecule has 22 heavy (non-hydrogen) atoms. The van der Waals surface area contributed by atoms with Gasteiger partial charge in [0.2, 0.25) is 0 Å². The molecule has 0 aromatic heterocycles. The van der Waals surface area contributed by atoms with Gasteiger partial charge >= 0.3 is 0 Å². The molecule has 2 unspecified atom stereocenters. The number of rotatable bonds is 8. The van der Waals surface area contributed by atoms with Crippen molar-refractivity contribution in [2.24, 2.45) is 0 Å². The zero-order valence-electron chi connectivity index (χ0n) is 13.8. The maximum Gasteiger partial charge on any atom is 0.125 e. The van der Waals surface area contributed by atoms with E-state index in [0.717, 1.165) is 42.7 Å². The van der Waals surface area contributed by atoms with E-state index in [-0.39, 0.29) is 12.1 Å². The number of aryl methyl sites for hydroxylation is 2. The average molecular weight is 307 g/mol. The molecule has 1 saturated carbocycles. The van der Waals surface area contributed by atoms with E-state index in [0.29, 0.717) is 19.8 Å².